The number of rotatable bonds is 8. The first-order valence-corrected chi connectivity index (χ1v) is 20.4. The number of nitrogens with zero attached hydrogens (tertiary/aromatic N) is 4. The molecule has 304 valence electrons. The third-order valence-electron chi connectivity index (χ3n) is 11.4. The Balaban J connectivity index is 1.11. The van der Waals surface area contributed by atoms with Gasteiger partial charge in [-0.1, -0.05) is 166 Å². The van der Waals surface area contributed by atoms with E-state index in [0.29, 0.717) is 51.1 Å². The van der Waals surface area contributed by atoms with Gasteiger partial charge >= 0.3 is 0 Å². The van der Waals surface area contributed by atoms with Crippen molar-refractivity contribution in [2.75, 3.05) is 16.5 Å². The van der Waals surface area contributed by atoms with Gasteiger partial charge in [-0.15, -0.1) is 0 Å². The molecule has 11 rings (SSSR count). The van der Waals surface area contributed by atoms with E-state index in [0.717, 1.165) is 16.7 Å². The topological polar surface area (TPSA) is 24.3 Å². The molecular weight excluding hydrogens is 765 g/mol. The van der Waals surface area contributed by atoms with Gasteiger partial charge in [0.25, 0.3) is 0 Å². The molecule has 0 saturated heterocycles. The van der Waals surface area contributed by atoms with Crippen LogP contribution in [0.5, 0.6) is 0 Å². The van der Waals surface area contributed by atoms with Crippen LogP contribution in [0.2, 0.25) is 0 Å². The molecule has 1 aliphatic heterocycles. The number of hydrogen-bond acceptors (Lipinski definition) is 3. The summed E-state index contributed by atoms with van der Waals surface area (Å²) in [6.45, 7) is 6.15. The first-order valence-electron chi connectivity index (χ1n) is 29.9. The number of hydrogen-bond donors (Lipinski definition) is 0. The molecule has 63 heavy (non-hydrogen) atoms. The first-order chi connectivity index (χ1) is 38.7. The van der Waals surface area contributed by atoms with Gasteiger partial charge in [-0.2, -0.15) is 0 Å². The smallest absolute Gasteiger partial charge is 0.137 e. The maximum absolute atomic E-state index is 9.33. The van der Waals surface area contributed by atoms with Crippen LogP contribution in [0.25, 0.3) is 61.0 Å². The number of pyridine rings is 1. The minimum Gasteiger partial charge on any atom is -0.321 e. The normalized spacial score (nSPS) is 16.8. The van der Waals surface area contributed by atoms with Gasteiger partial charge in [0, 0.05) is 33.8 Å². The molecule has 0 unspecified atom stereocenters. The Labute approximate surface area is 396 Å². The molecule has 0 radical (unpaired) electrons. The number of aromatic nitrogens is 2. The fourth-order valence-electron chi connectivity index (χ4n) is 8.43. The second-order valence-corrected chi connectivity index (χ2v) is 16.3. The highest BCUT2D eigenvalue weighted by Gasteiger charge is 2.32. The summed E-state index contributed by atoms with van der Waals surface area (Å²) >= 11 is 0. The molecule has 0 aliphatic carbocycles. The van der Waals surface area contributed by atoms with Gasteiger partial charge in [-0.3, -0.25) is 4.57 Å². The quantitative estimate of drug-likeness (QED) is 0.152. The molecule has 8 aromatic carbocycles. The SMILES string of the molecule is [2H]c1c([2H])c([2H])c(-c2cc(-c3c([2H])c([2H])c([2H])c([2H])c3[2H])c(N3CN(c4cccc(Cc5ccc6c7c([2H])c([2H])c([2H])c([2H])c7n(-c7cc(C(C)(C)C)ccn7)c6c5)c4)c4ccccc43)c(-c3c([2H])c([2H])c([2H])c([2H])c3[2H])c2)c([2H])c1[2H]. The number of anilines is 4. The molecule has 0 saturated carbocycles. The zero-order valence-corrected chi connectivity index (χ0v) is 34.4. The molecular formula is C59H48N4. The molecule has 0 spiro atoms. The zero-order valence-electron chi connectivity index (χ0n) is 53.4. The second-order valence-electron chi connectivity index (χ2n) is 16.3. The lowest BCUT2D eigenvalue weighted by molar-refractivity contribution is 0.588. The van der Waals surface area contributed by atoms with Crippen molar-refractivity contribution in [3.8, 4) is 39.2 Å². The summed E-state index contributed by atoms with van der Waals surface area (Å²) < 4.78 is 170. The molecule has 0 N–H and O–H groups in total. The molecule has 4 heteroatoms. The summed E-state index contributed by atoms with van der Waals surface area (Å²) in [6, 6.07) is 15.8. The minimum absolute atomic E-state index is 0.0206. The van der Waals surface area contributed by atoms with E-state index in [2.05, 4.69) is 20.8 Å². The largest absolute Gasteiger partial charge is 0.321 e. The molecule has 0 amide bonds. The van der Waals surface area contributed by atoms with Crippen LogP contribution in [0.15, 0.2) is 212 Å². The third-order valence-corrected chi connectivity index (χ3v) is 11.4. The van der Waals surface area contributed by atoms with Gasteiger partial charge in [-0.25, -0.2) is 4.98 Å². The average molecular weight is 832 g/mol. The lowest BCUT2D eigenvalue weighted by Gasteiger charge is -2.28. The number of para-hydroxylation sites is 3. The summed E-state index contributed by atoms with van der Waals surface area (Å²) in [5.74, 6) is 0.488. The lowest BCUT2D eigenvalue weighted by atomic mass is 9.88. The molecule has 0 bridgehead atoms. The van der Waals surface area contributed by atoms with Gasteiger partial charge in [-0.05, 0) is 111 Å². The molecule has 2 aromatic heterocycles. The van der Waals surface area contributed by atoms with E-state index >= 15 is 0 Å². The first kappa shape index (κ1) is 23.0. The third kappa shape index (κ3) is 7.04. The fourth-order valence-corrected chi connectivity index (χ4v) is 8.43. The van der Waals surface area contributed by atoms with Crippen molar-refractivity contribution in [1.82, 2.24) is 9.55 Å². The summed E-state index contributed by atoms with van der Waals surface area (Å²) in [4.78, 5) is 8.43. The summed E-state index contributed by atoms with van der Waals surface area (Å²) in [6.07, 6.45) is 2.06. The average Bonchev–Trinajstić information content (AvgIpc) is 2.02. The van der Waals surface area contributed by atoms with E-state index in [-0.39, 0.29) is 75.3 Å². The Bertz CT molecular complexity index is 4240. The molecule has 1 aliphatic rings. The van der Waals surface area contributed by atoms with E-state index in [1.165, 1.54) is 12.1 Å². The Morgan fingerprint density at radius 3 is 1.83 bits per heavy atom. The van der Waals surface area contributed by atoms with Gasteiger partial charge in [0.2, 0.25) is 0 Å². The monoisotopic (exact) mass is 832 g/mol. The standard InChI is InChI=1S/C59H48N4/c1-59(2,3)47-32-33-60-57(39-47)63-53-27-14-13-26-49(53)50-31-30-42(36-56(50)63)34-41-18-17-25-48(35-41)61-40-62(55-29-16-15-28-54(55)61)58-51(44-21-9-5-10-22-44)37-46(43-19-7-4-8-20-43)38-52(58)45-23-11-6-12-24-45/h4-33,35-39H,34,40H2,1-3H3/i4D,5D,6D,7D,8D,9D,10D,11D,12D,13D,14D,19D,20D,21D,22D,23D,24D,26D,27D. The predicted octanol–water partition coefficient (Wildman–Crippen LogP) is 15.3. The highest BCUT2D eigenvalue weighted by Crippen LogP contribution is 2.51. The maximum atomic E-state index is 9.33. The Kier molecular flexibility index (Phi) is 5.70. The molecule has 4 nitrogen and oxygen atoms in total. The van der Waals surface area contributed by atoms with Crippen LogP contribution in [-0.4, -0.2) is 16.2 Å². The van der Waals surface area contributed by atoms with Crippen LogP contribution in [0.4, 0.5) is 22.7 Å². The number of benzene rings is 8. The van der Waals surface area contributed by atoms with Gasteiger partial charge < -0.3 is 9.80 Å². The van der Waals surface area contributed by atoms with E-state index in [1.54, 1.807) is 27.8 Å². The van der Waals surface area contributed by atoms with Crippen molar-refractivity contribution in [3.05, 3.63) is 229 Å². The van der Waals surface area contributed by atoms with Gasteiger partial charge in [0.1, 0.15) is 12.5 Å². The van der Waals surface area contributed by atoms with E-state index in [4.69, 9.17) is 25.5 Å². The van der Waals surface area contributed by atoms with Gasteiger partial charge in [0.15, 0.2) is 0 Å². The van der Waals surface area contributed by atoms with Crippen molar-refractivity contribution in [2.24, 2.45) is 0 Å². The van der Waals surface area contributed by atoms with E-state index in [1.807, 2.05) is 71.6 Å². The Morgan fingerprint density at radius 1 is 0.524 bits per heavy atom. The second kappa shape index (κ2) is 15.6. The van der Waals surface area contributed by atoms with Crippen molar-refractivity contribution in [3.63, 3.8) is 0 Å². The summed E-state index contributed by atoms with van der Waals surface area (Å²) in [5.41, 5.74) is 3.63. The molecule has 3 heterocycles. The fraction of sp³-hybridized carbons (Fsp3) is 0.102. The van der Waals surface area contributed by atoms with Crippen LogP contribution < -0.4 is 9.80 Å². The van der Waals surface area contributed by atoms with Crippen LogP contribution in [-0.2, 0) is 11.8 Å². The highest BCUT2D eigenvalue weighted by atomic mass is 15.4. The predicted molar refractivity (Wildman–Crippen MR) is 265 cm³/mol. The Morgan fingerprint density at radius 2 is 1.14 bits per heavy atom. The van der Waals surface area contributed by atoms with Crippen molar-refractivity contribution in [2.45, 2.75) is 32.6 Å². The number of fused-ring (bicyclic) bond motifs is 4. The van der Waals surface area contributed by atoms with E-state index in [9.17, 15) is 5.48 Å². The van der Waals surface area contributed by atoms with Crippen LogP contribution in [0.1, 0.15) is 63.5 Å². The summed E-state index contributed by atoms with van der Waals surface area (Å²) in [5, 5.41) is 0.978. The molecule has 0 atom stereocenters. The van der Waals surface area contributed by atoms with Crippen molar-refractivity contribution < 1.29 is 26.0 Å². The molecule has 10 aromatic rings. The maximum Gasteiger partial charge on any atom is 0.137 e. The van der Waals surface area contributed by atoms with Crippen LogP contribution in [0, 0.1) is 0 Å². The van der Waals surface area contributed by atoms with Crippen LogP contribution in [0.3, 0.4) is 0 Å². The molecule has 0 fully saturated rings. The Hall–Kier alpha value is -7.69. The van der Waals surface area contributed by atoms with Crippen molar-refractivity contribution in [1.29, 1.82) is 0 Å². The minimum atomic E-state index is -0.710. The van der Waals surface area contributed by atoms with E-state index < -0.39 is 90.6 Å². The van der Waals surface area contributed by atoms with Crippen molar-refractivity contribution >= 4 is 44.6 Å². The lowest BCUT2D eigenvalue weighted by Crippen LogP contribution is -2.25. The highest BCUT2D eigenvalue weighted by molar-refractivity contribution is 6.09. The summed E-state index contributed by atoms with van der Waals surface area (Å²) in [7, 11) is 0. The van der Waals surface area contributed by atoms with Crippen LogP contribution >= 0.6 is 0 Å². The van der Waals surface area contributed by atoms with Gasteiger partial charge in [0.05, 0.1) is 54.1 Å². The zero-order chi connectivity index (χ0) is 59.0.